The number of ether oxygens (including phenoxy) is 2. The molecule has 1 aliphatic rings. The van der Waals surface area contributed by atoms with Gasteiger partial charge in [-0.3, -0.25) is 0 Å². The van der Waals surface area contributed by atoms with Crippen LogP contribution in [-0.4, -0.2) is 61.9 Å². The monoisotopic (exact) mass is 261 g/mol. The Labute approximate surface area is 109 Å². The van der Waals surface area contributed by atoms with Crippen molar-refractivity contribution in [3.8, 4) is 0 Å². The van der Waals surface area contributed by atoms with Crippen LogP contribution < -0.4 is 5.32 Å². The Bertz CT molecular complexity index is 203. The van der Waals surface area contributed by atoms with Crippen LogP contribution in [-0.2, 0) is 9.47 Å². The SMILES string of the molecule is CCOCCOCC(O)CNC1CCCC1CO. The first-order chi connectivity index (χ1) is 8.77. The highest BCUT2D eigenvalue weighted by molar-refractivity contribution is 4.83. The highest BCUT2D eigenvalue weighted by atomic mass is 16.5. The standard InChI is InChI=1S/C13H27NO4/c1-2-17-6-7-18-10-12(16)8-14-13-5-3-4-11(13)9-15/h11-16H,2-10H2,1H3. The number of hydrogen-bond acceptors (Lipinski definition) is 5. The van der Waals surface area contributed by atoms with Crippen molar-refractivity contribution < 1.29 is 19.7 Å². The summed E-state index contributed by atoms with van der Waals surface area (Å²) >= 11 is 0. The van der Waals surface area contributed by atoms with E-state index >= 15 is 0 Å². The van der Waals surface area contributed by atoms with Crippen LogP contribution in [0.2, 0.25) is 0 Å². The average Bonchev–Trinajstić information content (AvgIpc) is 2.83. The van der Waals surface area contributed by atoms with E-state index in [2.05, 4.69) is 5.32 Å². The molecule has 18 heavy (non-hydrogen) atoms. The van der Waals surface area contributed by atoms with E-state index in [1.165, 1.54) is 0 Å². The fraction of sp³-hybridized carbons (Fsp3) is 1.00. The molecule has 1 aliphatic carbocycles. The van der Waals surface area contributed by atoms with E-state index in [1.807, 2.05) is 6.92 Å². The van der Waals surface area contributed by atoms with Gasteiger partial charge in [0.1, 0.15) is 0 Å². The van der Waals surface area contributed by atoms with Crippen LogP contribution in [0, 0.1) is 5.92 Å². The van der Waals surface area contributed by atoms with Crippen LogP contribution in [0.25, 0.3) is 0 Å². The molecule has 5 nitrogen and oxygen atoms in total. The summed E-state index contributed by atoms with van der Waals surface area (Å²) in [4.78, 5) is 0. The van der Waals surface area contributed by atoms with Gasteiger partial charge in [0.15, 0.2) is 0 Å². The quantitative estimate of drug-likeness (QED) is 0.488. The first kappa shape index (κ1) is 15.9. The van der Waals surface area contributed by atoms with Gasteiger partial charge >= 0.3 is 0 Å². The van der Waals surface area contributed by atoms with Gasteiger partial charge in [0, 0.05) is 25.8 Å². The molecule has 0 aliphatic heterocycles. The molecule has 0 saturated heterocycles. The minimum absolute atomic E-state index is 0.235. The van der Waals surface area contributed by atoms with Gasteiger partial charge in [-0.1, -0.05) is 6.42 Å². The molecule has 108 valence electrons. The third-order valence-corrected chi connectivity index (χ3v) is 3.40. The maximum atomic E-state index is 9.73. The van der Waals surface area contributed by atoms with Crippen LogP contribution in [0.1, 0.15) is 26.2 Å². The Hall–Kier alpha value is -0.200. The second-order valence-corrected chi connectivity index (χ2v) is 4.81. The fourth-order valence-corrected chi connectivity index (χ4v) is 2.35. The molecular formula is C13H27NO4. The summed E-state index contributed by atoms with van der Waals surface area (Å²) < 4.78 is 10.4. The van der Waals surface area contributed by atoms with E-state index in [4.69, 9.17) is 9.47 Å². The van der Waals surface area contributed by atoms with Gasteiger partial charge in [-0.15, -0.1) is 0 Å². The Balaban J connectivity index is 2.00. The molecule has 0 aromatic carbocycles. The molecule has 1 rings (SSSR count). The first-order valence-electron chi connectivity index (χ1n) is 6.95. The van der Waals surface area contributed by atoms with E-state index < -0.39 is 6.10 Å². The summed E-state index contributed by atoms with van der Waals surface area (Å²) in [5, 5.41) is 22.2. The summed E-state index contributed by atoms with van der Waals surface area (Å²) in [5.74, 6) is 0.344. The van der Waals surface area contributed by atoms with Crippen LogP contribution >= 0.6 is 0 Å². The lowest BCUT2D eigenvalue weighted by atomic mass is 10.1. The van der Waals surface area contributed by atoms with Crippen molar-refractivity contribution >= 4 is 0 Å². The smallest absolute Gasteiger partial charge is 0.0897 e. The van der Waals surface area contributed by atoms with Crippen LogP contribution in [0.4, 0.5) is 0 Å². The second kappa shape index (κ2) is 9.69. The van der Waals surface area contributed by atoms with Crippen LogP contribution in [0.15, 0.2) is 0 Å². The zero-order valence-corrected chi connectivity index (χ0v) is 11.3. The lowest BCUT2D eigenvalue weighted by molar-refractivity contribution is 0.00510. The molecule has 0 spiro atoms. The molecule has 0 bridgehead atoms. The molecule has 0 aromatic heterocycles. The summed E-state index contributed by atoms with van der Waals surface area (Å²) in [7, 11) is 0. The van der Waals surface area contributed by atoms with Crippen molar-refractivity contribution in [1.82, 2.24) is 5.32 Å². The topological polar surface area (TPSA) is 71.0 Å². The summed E-state index contributed by atoms with van der Waals surface area (Å²) in [6, 6.07) is 0.341. The predicted octanol–water partition coefficient (Wildman–Crippen LogP) is 0.151. The minimum atomic E-state index is -0.494. The van der Waals surface area contributed by atoms with Gasteiger partial charge in [0.25, 0.3) is 0 Å². The van der Waals surface area contributed by atoms with Crippen LogP contribution in [0.5, 0.6) is 0 Å². The molecule has 1 fully saturated rings. The molecule has 3 atom stereocenters. The fourth-order valence-electron chi connectivity index (χ4n) is 2.35. The maximum Gasteiger partial charge on any atom is 0.0897 e. The molecule has 3 unspecified atom stereocenters. The van der Waals surface area contributed by atoms with Crippen molar-refractivity contribution in [3.63, 3.8) is 0 Å². The van der Waals surface area contributed by atoms with Gasteiger partial charge < -0.3 is 25.0 Å². The molecule has 0 radical (unpaired) electrons. The van der Waals surface area contributed by atoms with E-state index in [1.54, 1.807) is 0 Å². The van der Waals surface area contributed by atoms with Gasteiger partial charge in [-0.2, -0.15) is 0 Å². The number of rotatable bonds is 10. The normalized spacial score (nSPS) is 25.5. The summed E-state index contributed by atoms with van der Waals surface area (Å²) in [6.07, 6.45) is 2.83. The highest BCUT2D eigenvalue weighted by Gasteiger charge is 2.26. The molecular weight excluding hydrogens is 234 g/mol. The largest absolute Gasteiger partial charge is 0.396 e. The van der Waals surface area contributed by atoms with Crippen molar-refractivity contribution in [2.24, 2.45) is 5.92 Å². The predicted molar refractivity (Wildman–Crippen MR) is 69.5 cm³/mol. The maximum absolute atomic E-state index is 9.73. The zero-order valence-electron chi connectivity index (χ0n) is 11.3. The lowest BCUT2D eigenvalue weighted by Crippen LogP contribution is -2.40. The Kier molecular flexibility index (Phi) is 8.54. The van der Waals surface area contributed by atoms with Gasteiger partial charge in [-0.05, 0) is 25.7 Å². The van der Waals surface area contributed by atoms with Crippen LogP contribution in [0.3, 0.4) is 0 Å². The van der Waals surface area contributed by atoms with E-state index in [0.717, 1.165) is 19.3 Å². The highest BCUT2D eigenvalue weighted by Crippen LogP contribution is 2.24. The lowest BCUT2D eigenvalue weighted by Gasteiger charge is -2.21. The number of aliphatic hydroxyl groups is 2. The Morgan fingerprint density at radius 3 is 2.78 bits per heavy atom. The summed E-state index contributed by atoms with van der Waals surface area (Å²) in [5.41, 5.74) is 0. The number of nitrogens with one attached hydrogen (secondary N) is 1. The molecule has 3 N–H and O–H groups in total. The van der Waals surface area contributed by atoms with Gasteiger partial charge in [0.2, 0.25) is 0 Å². The minimum Gasteiger partial charge on any atom is -0.396 e. The molecule has 1 saturated carbocycles. The van der Waals surface area contributed by atoms with Crippen molar-refractivity contribution in [2.75, 3.05) is 39.6 Å². The molecule has 5 heteroatoms. The van der Waals surface area contributed by atoms with E-state index in [-0.39, 0.29) is 6.61 Å². The molecule has 0 heterocycles. The van der Waals surface area contributed by atoms with E-state index in [0.29, 0.717) is 44.9 Å². The third-order valence-electron chi connectivity index (χ3n) is 3.40. The van der Waals surface area contributed by atoms with Crippen molar-refractivity contribution in [1.29, 1.82) is 0 Å². The second-order valence-electron chi connectivity index (χ2n) is 4.81. The summed E-state index contributed by atoms with van der Waals surface area (Å²) in [6.45, 7) is 4.82. The third kappa shape index (κ3) is 6.11. The van der Waals surface area contributed by atoms with E-state index in [9.17, 15) is 10.2 Å². The first-order valence-corrected chi connectivity index (χ1v) is 6.95. The Morgan fingerprint density at radius 2 is 2.06 bits per heavy atom. The van der Waals surface area contributed by atoms with Gasteiger partial charge in [0.05, 0.1) is 25.9 Å². The van der Waals surface area contributed by atoms with Crippen molar-refractivity contribution in [3.05, 3.63) is 0 Å². The van der Waals surface area contributed by atoms with Gasteiger partial charge in [-0.25, -0.2) is 0 Å². The number of aliphatic hydroxyl groups excluding tert-OH is 2. The van der Waals surface area contributed by atoms with Crippen molar-refractivity contribution in [2.45, 2.75) is 38.3 Å². The molecule has 0 amide bonds. The zero-order chi connectivity index (χ0) is 13.2. The molecule has 0 aromatic rings. The Morgan fingerprint density at radius 1 is 1.28 bits per heavy atom. The average molecular weight is 261 g/mol. The number of hydrogen-bond donors (Lipinski definition) is 3.